The summed E-state index contributed by atoms with van der Waals surface area (Å²) in [4.78, 5) is 16.8. The van der Waals surface area contributed by atoms with E-state index >= 15 is 0 Å². The normalized spacial score (nSPS) is 24.2. The molecule has 6 nitrogen and oxygen atoms in total. The molecule has 1 aromatic heterocycles. The summed E-state index contributed by atoms with van der Waals surface area (Å²) >= 11 is 0. The molecule has 1 aromatic carbocycles. The van der Waals surface area contributed by atoms with Gasteiger partial charge in [-0.2, -0.15) is 0 Å². The highest BCUT2D eigenvalue weighted by molar-refractivity contribution is 5.96. The van der Waals surface area contributed by atoms with Crippen molar-refractivity contribution in [3.63, 3.8) is 0 Å². The highest BCUT2D eigenvalue weighted by Crippen LogP contribution is 2.40. The van der Waals surface area contributed by atoms with Gasteiger partial charge in [-0.25, -0.2) is 4.98 Å². The summed E-state index contributed by atoms with van der Waals surface area (Å²) in [6.07, 6.45) is 2.17. The number of rotatable bonds is 3. The zero-order valence-electron chi connectivity index (χ0n) is 12.9. The number of benzene rings is 1. The molecule has 0 radical (unpaired) electrons. The fourth-order valence-electron chi connectivity index (χ4n) is 2.77. The molecule has 2 fully saturated rings. The Kier molecular flexibility index (Phi) is 4.57. The number of ether oxygens (including phenoxy) is 1. The van der Waals surface area contributed by atoms with E-state index in [1.165, 1.54) is 0 Å². The van der Waals surface area contributed by atoms with Gasteiger partial charge in [-0.1, -0.05) is 0 Å². The van der Waals surface area contributed by atoms with Crippen LogP contribution in [0.1, 0.15) is 31.6 Å². The van der Waals surface area contributed by atoms with Crippen LogP contribution in [0.4, 0.5) is 5.69 Å². The topological polar surface area (TPSA) is 76.4 Å². The van der Waals surface area contributed by atoms with Crippen LogP contribution in [0.2, 0.25) is 0 Å². The van der Waals surface area contributed by atoms with E-state index in [4.69, 9.17) is 9.15 Å². The highest BCUT2D eigenvalue weighted by Gasteiger charge is 2.30. The molecule has 1 amide bonds. The molecule has 0 bridgehead atoms. The van der Waals surface area contributed by atoms with E-state index in [2.05, 4.69) is 15.6 Å². The minimum Gasteiger partial charge on any atom is -0.440 e. The van der Waals surface area contributed by atoms with Crippen molar-refractivity contribution in [2.45, 2.75) is 37.8 Å². The lowest BCUT2D eigenvalue weighted by atomic mass is 10.1. The molecule has 1 saturated carbocycles. The maximum Gasteiger partial charge on any atom is 0.244 e. The van der Waals surface area contributed by atoms with Crippen LogP contribution in [0.3, 0.4) is 0 Å². The quantitative estimate of drug-likeness (QED) is 0.899. The van der Waals surface area contributed by atoms with Crippen molar-refractivity contribution in [2.24, 2.45) is 0 Å². The van der Waals surface area contributed by atoms with E-state index in [1.807, 2.05) is 25.1 Å². The number of morpholine rings is 1. The zero-order chi connectivity index (χ0) is 15.1. The third-order valence-corrected chi connectivity index (χ3v) is 4.20. The summed E-state index contributed by atoms with van der Waals surface area (Å²) in [5.74, 6) is 1.21. The first kappa shape index (κ1) is 16.2. The molecule has 2 aliphatic rings. The predicted molar refractivity (Wildman–Crippen MR) is 89.1 cm³/mol. The molecule has 2 aromatic rings. The Morgan fingerprint density at radius 2 is 2.22 bits per heavy atom. The lowest BCUT2D eigenvalue weighted by Gasteiger charge is -2.29. The average molecular weight is 338 g/mol. The Labute approximate surface area is 140 Å². The Bertz CT molecular complexity index is 714. The van der Waals surface area contributed by atoms with E-state index in [0.717, 1.165) is 35.5 Å². The molecule has 1 aliphatic heterocycles. The van der Waals surface area contributed by atoms with Crippen LogP contribution < -0.4 is 10.6 Å². The summed E-state index contributed by atoms with van der Waals surface area (Å²) in [5.41, 5.74) is 2.28. The van der Waals surface area contributed by atoms with Gasteiger partial charge in [0.25, 0.3) is 0 Å². The van der Waals surface area contributed by atoms with Crippen molar-refractivity contribution in [1.82, 2.24) is 10.3 Å². The summed E-state index contributed by atoms with van der Waals surface area (Å²) in [5, 5.41) is 6.10. The van der Waals surface area contributed by atoms with E-state index in [-0.39, 0.29) is 30.5 Å². The van der Waals surface area contributed by atoms with Gasteiger partial charge in [0, 0.05) is 24.2 Å². The van der Waals surface area contributed by atoms with E-state index in [1.54, 1.807) is 0 Å². The number of nitrogens with zero attached hydrogens (tertiary/aromatic N) is 1. The van der Waals surface area contributed by atoms with Gasteiger partial charge in [0.15, 0.2) is 11.5 Å². The molecule has 7 heteroatoms. The number of oxazole rings is 1. The Balaban J connectivity index is 0.00000156. The first-order chi connectivity index (χ1) is 10.7. The number of nitrogens with one attached hydrogen (secondary N) is 2. The van der Waals surface area contributed by atoms with Gasteiger partial charge >= 0.3 is 0 Å². The second-order valence-electron chi connectivity index (χ2n) is 6.01. The fraction of sp³-hybridized carbons (Fsp3) is 0.500. The third-order valence-electron chi connectivity index (χ3n) is 4.20. The predicted octanol–water partition coefficient (Wildman–Crippen LogP) is 2.44. The number of hydrogen-bond acceptors (Lipinski definition) is 5. The van der Waals surface area contributed by atoms with Crippen LogP contribution in [0.5, 0.6) is 0 Å². The van der Waals surface area contributed by atoms with Crippen molar-refractivity contribution in [1.29, 1.82) is 0 Å². The maximum absolute atomic E-state index is 12.3. The molecule has 4 rings (SSSR count). The van der Waals surface area contributed by atoms with Crippen LogP contribution >= 0.6 is 12.4 Å². The number of amides is 1. The molecule has 2 N–H and O–H groups in total. The van der Waals surface area contributed by atoms with Crippen molar-refractivity contribution in [2.75, 3.05) is 18.5 Å². The minimum absolute atomic E-state index is 0. The van der Waals surface area contributed by atoms with Gasteiger partial charge < -0.3 is 19.8 Å². The first-order valence-corrected chi connectivity index (χ1v) is 7.77. The van der Waals surface area contributed by atoms with Crippen LogP contribution in [0, 0.1) is 0 Å². The van der Waals surface area contributed by atoms with Crippen molar-refractivity contribution in [3.8, 4) is 0 Å². The van der Waals surface area contributed by atoms with Gasteiger partial charge in [-0.15, -0.1) is 12.4 Å². The Morgan fingerprint density at radius 3 is 2.96 bits per heavy atom. The van der Waals surface area contributed by atoms with E-state index in [0.29, 0.717) is 19.1 Å². The van der Waals surface area contributed by atoms with Crippen molar-refractivity contribution in [3.05, 3.63) is 24.1 Å². The van der Waals surface area contributed by atoms with E-state index in [9.17, 15) is 4.79 Å². The van der Waals surface area contributed by atoms with E-state index < -0.39 is 0 Å². The number of hydrogen-bond donors (Lipinski definition) is 2. The summed E-state index contributed by atoms with van der Waals surface area (Å²) < 4.78 is 11.3. The Morgan fingerprint density at radius 1 is 1.39 bits per heavy atom. The summed E-state index contributed by atoms with van der Waals surface area (Å²) in [6, 6.07) is 5.24. The molecule has 23 heavy (non-hydrogen) atoms. The fourth-order valence-corrected chi connectivity index (χ4v) is 2.77. The van der Waals surface area contributed by atoms with Gasteiger partial charge in [0.1, 0.15) is 11.6 Å². The molecule has 124 valence electrons. The van der Waals surface area contributed by atoms with Crippen LogP contribution in [0.15, 0.2) is 22.6 Å². The molecule has 0 spiro atoms. The van der Waals surface area contributed by atoms with Gasteiger partial charge in [0.05, 0.1) is 12.7 Å². The number of carbonyl (C=O) groups excluding carboxylic acids is 1. The smallest absolute Gasteiger partial charge is 0.244 e. The summed E-state index contributed by atoms with van der Waals surface area (Å²) in [6.45, 7) is 3.23. The minimum atomic E-state index is -0.332. The second-order valence-corrected chi connectivity index (χ2v) is 6.01. The molecule has 2 heterocycles. The monoisotopic (exact) mass is 337 g/mol. The molecule has 0 unspecified atom stereocenters. The highest BCUT2D eigenvalue weighted by atomic mass is 35.5. The van der Waals surface area contributed by atoms with Crippen LogP contribution in [-0.4, -0.2) is 36.2 Å². The third kappa shape index (κ3) is 3.34. The number of aromatic nitrogens is 1. The number of halogens is 1. The molecule has 2 atom stereocenters. The molecule has 1 saturated heterocycles. The van der Waals surface area contributed by atoms with Crippen molar-refractivity contribution < 1.29 is 13.9 Å². The van der Waals surface area contributed by atoms with Crippen molar-refractivity contribution >= 4 is 35.1 Å². The zero-order valence-corrected chi connectivity index (χ0v) is 13.7. The number of anilines is 1. The largest absolute Gasteiger partial charge is 0.440 e. The number of carbonyl (C=O) groups is 1. The van der Waals surface area contributed by atoms with Crippen LogP contribution in [0.25, 0.3) is 11.1 Å². The summed E-state index contributed by atoms with van der Waals surface area (Å²) in [7, 11) is 0. The average Bonchev–Trinajstić information content (AvgIpc) is 3.27. The van der Waals surface area contributed by atoms with Gasteiger partial charge in [-0.05, 0) is 31.9 Å². The molecular formula is C16H20ClN3O3. The molecular weight excluding hydrogens is 318 g/mol. The first-order valence-electron chi connectivity index (χ1n) is 7.77. The molecule has 1 aliphatic carbocycles. The second kappa shape index (κ2) is 6.47. The van der Waals surface area contributed by atoms with Gasteiger partial charge in [-0.3, -0.25) is 4.79 Å². The van der Waals surface area contributed by atoms with Gasteiger partial charge in [0.2, 0.25) is 5.91 Å². The Hall–Kier alpha value is -1.63. The lowest BCUT2D eigenvalue weighted by molar-refractivity contribution is -0.123. The SMILES string of the molecule is C[C@H]1OCCN[C@@H]1C(=O)Nc1ccc2nc(C3CC3)oc2c1.Cl. The standard InChI is InChI=1S/C16H19N3O3.ClH/c1-9-14(17-6-7-21-9)15(20)18-11-4-5-12-13(8-11)22-16(19-12)10-2-3-10;/h4-5,8-10,14,17H,2-3,6-7H2,1H3,(H,18,20);1H/t9-,14+;/m1./s1. The maximum atomic E-state index is 12.3. The number of fused-ring (bicyclic) bond motifs is 1. The van der Waals surface area contributed by atoms with Crippen LogP contribution in [-0.2, 0) is 9.53 Å². The lowest BCUT2D eigenvalue weighted by Crippen LogP contribution is -2.53.